The molecule has 3 heterocycles. The first-order chi connectivity index (χ1) is 27.2. The molecule has 264 valence electrons. The van der Waals surface area contributed by atoms with E-state index in [9.17, 15) is 0 Å². The fourth-order valence-corrected chi connectivity index (χ4v) is 11.0. The van der Waals surface area contributed by atoms with Gasteiger partial charge in [0.05, 0.1) is 21.8 Å². The Kier molecular flexibility index (Phi) is 8.10. The van der Waals surface area contributed by atoms with Crippen LogP contribution in [0.3, 0.4) is 0 Å². The predicted molar refractivity (Wildman–Crippen MR) is 230 cm³/mol. The van der Waals surface area contributed by atoms with Gasteiger partial charge in [-0.3, -0.25) is 0 Å². The van der Waals surface area contributed by atoms with Crippen molar-refractivity contribution in [3.63, 3.8) is 0 Å². The van der Waals surface area contributed by atoms with Crippen molar-refractivity contribution >= 4 is 46.1 Å². The van der Waals surface area contributed by atoms with Gasteiger partial charge in [0.1, 0.15) is 0 Å². The Hall–Kier alpha value is -5.62. The van der Waals surface area contributed by atoms with Crippen LogP contribution in [0.2, 0.25) is 0 Å². The molecule has 3 nitrogen and oxygen atoms in total. The average molecular weight is 744 g/mol. The largest absolute Gasteiger partial charge is 0.312 e. The summed E-state index contributed by atoms with van der Waals surface area (Å²) in [6, 6.07) is 44.1. The molecule has 0 N–H and O–H groups in total. The lowest BCUT2D eigenvalue weighted by atomic mass is 9.80. The molecule has 7 aromatic rings. The molecule has 0 amide bonds. The second kappa shape index (κ2) is 13.6. The maximum atomic E-state index is 5.07. The van der Waals surface area contributed by atoms with E-state index in [0.29, 0.717) is 5.92 Å². The predicted octanol–water partition coefficient (Wildman–Crippen LogP) is 13.7. The number of hydrogen-bond acceptors (Lipinski definition) is 4. The summed E-state index contributed by atoms with van der Waals surface area (Å²) in [5.74, 6) is 1.33. The summed E-state index contributed by atoms with van der Waals surface area (Å²) in [7, 11) is 0. The van der Waals surface area contributed by atoms with Crippen molar-refractivity contribution in [3.05, 3.63) is 174 Å². The van der Waals surface area contributed by atoms with Gasteiger partial charge < -0.3 is 4.57 Å². The first-order valence-electron chi connectivity index (χ1n) is 19.3. The molecule has 0 radical (unpaired) electrons. The molecule has 2 aromatic heterocycles. The number of rotatable bonds is 5. The molecule has 4 aliphatic rings. The lowest BCUT2D eigenvalue weighted by molar-refractivity contribution is 0.546. The van der Waals surface area contributed by atoms with E-state index < -0.39 is 0 Å². The topological polar surface area (TPSA) is 30.7 Å². The summed E-state index contributed by atoms with van der Waals surface area (Å²) in [5.41, 5.74) is 14.6. The maximum Gasteiger partial charge on any atom is 0.160 e. The van der Waals surface area contributed by atoms with E-state index in [-0.39, 0.29) is 0 Å². The van der Waals surface area contributed by atoms with E-state index in [1.54, 1.807) is 0 Å². The van der Waals surface area contributed by atoms with Crippen molar-refractivity contribution in [3.8, 4) is 39.5 Å². The van der Waals surface area contributed by atoms with Crippen LogP contribution in [0.4, 0.5) is 0 Å². The Morgan fingerprint density at radius 2 is 1.38 bits per heavy atom. The summed E-state index contributed by atoms with van der Waals surface area (Å²) in [5, 5.41) is 1.35. The SMILES string of the molecule is C1=CCCC(c2cc(-c3ccc(-c4ccc(-n5c6c(c7ccc8c(c75)Sc5ccccc5S8)C=C5C=CCCC5C6)cc4)cc3)nc(-c3ccccc3)n2)=C1. The van der Waals surface area contributed by atoms with Crippen LogP contribution in [0.25, 0.3) is 62.0 Å². The molecule has 0 fully saturated rings. The van der Waals surface area contributed by atoms with Crippen molar-refractivity contribution in [2.45, 2.75) is 51.7 Å². The molecule has 55 heavy (non-hydrogen) atoms. The average Bonchev–Trinajstić information content (AvgIpc) is 3.59. The van der Waals surface area contributed by atoms with Gasteiger partial charge in [0.2, 0.25) is 0 Å². The summed E-state index contributed by atoms with van der Waals surface area (Å²) >= 11 is 3.83. The molecule has 1 aliphatic heterocycles. The Balaban J connectivity index is 0.970. The fourth-order valence-electron chi connectivity index (χ4n) is 8.61. The van der Waals surface area contributed by atoms with Crippen LogP contribution in [0.1, 0.15) is 42.6 Å². The first kappa shape index (κ1) is 32.8. The van der Waals surface area contributed by atoms with Gasteiger partial charge >= 0.3 is 0 Å². The molecule has 0 saturated heterocycles. The minimum Gasteiger partial charge on any atom is -0.312 e. The Morgan fingerprint density at radius 3 is 2.18 bits per heavy atom. The molecule has 1 atom stereocenters. The van der Waals surface area contributed by atoms with Gasteiger partial charge in [0.25, 0.3) is 0 Å². The molecule has 3 aliphatic carbocycles. The molecule has 0 spiro atoms. The number of allylic oxidation sites excluding steroid dienone is 7. The van der Waals surface area contributed by atoms with Crippen LogP contribution < -0.4 is 0 Å². The van der Waals surface area contributed by atoms with Crippen molar-refractivity contribution in [1.82, 2.24) is 14.5 Å². The van der Waals surface area contributed by atoms with E-state index in [0.717, 1.165) is 54.0 Å². The summed E-state index contributed by atoms with van der Waals surface area (Å²) < 4.78 is 2.60. The zero-order valence-corrected chi connectivity index (χ0v) is 31.9. The van der Waals surface area contributed by atoms with Gasteiger partial charge in [-0.1, -0.05) is 139 Å². The third kappa shape index (κ3) is 5.85. The second-order valence-corrected chi connectivity index (χ2v) is 16.9. The standard InChI is InChI=1S/C50H37N3S2/c1-3-11-34(12-4-1)42-31-43(52-50(51-42)36-13-5-2-6-14-36)35-21-19-32(20-22-35)33-23-25-39(26-24-33)53-44-30-38-16-8-7-15-37(38)29-41(44)40-27-28-47-49(48(40)53)55-46-18-10-9-17-45(46)54-47/h1-3,5-7,9-11,13-15,17-29,31,38H,4,8,12,16,30H2. The van der Waals surface area contributed by atoms with Crippen molar-refractivity contribution < 1.29 is 0 Å². The van der Waals surface area contributed by atoms with E-state index >= 15 is 0 Å². The molecule has 1 unspecified atom stereocenters. The van der Waals surface area contributed by atoms with E-state index in [2.05, 4.69) is 144 Å². The molecule has 5 heteroatoms. The smallest absolute Gasteiger partial charge is 0.160 e. The van der Waals surface area contributed by atoms with Crippen LogP contribution in [0, 0.1) is 5.92 Å². The maximum absolute atomic E-state index is 5.07. The zero-order valence-electron chi connectivity index (χ0n) is 30.3. The summed E-state index contributed by atoms with van der Waals surface area (Å²) in [4.78, 5) is 15.5. The Morgan fingerprint density at radius 1 is 0.636 bits per heavy atom. The molecule has 5 aromatic carbocycles. The highest BCUT2D eigenvalue weighted by atomic mass is 32.2. The van der Waals surface area contributed by atoms with E-state index in [1.165, 1.54) is 76.1 Å². The molecular formula is C50H37N3S2. The molecular weight excluding hydrogens is 707 g/mol. The second-order valence-electron chi connectivity index (χ2n) is 14.8. The lowest BCUT2D eigenvalue weighted by Crippen LogP contribution is -2.16. The van der Waals surface area contributed by atoms with Crippen LogP contribution in [0.15, 0.2) is 177 Å². The van der Waals surface area contributed by atoms with Gasteiger partial charge in [-0.05, 0) is 103 Å². The van der Waals surface area contributed by atoms with Crippen molar-refractivity contribution in [2.75, 3.05) is 0 Å². The van der Waals surface area contributed by atoms with Gasteiger partial charge in [-0.2, -0.15) is 0 Å². The van der Waals surface area contributed by atoms with E-state index in [4.69, 9.17) is 9.97 Å². The van der Waals surface area contributed by atoms with Gasteiger partial charge in [0.15, 0.2) is 5.82 Å². The quantitative estimate of drug-likeness (QED) is 0.176. The first-order valence-corrected chi connectivity index (χ1v) is 20.9. The van der Waals surface area contributed by atoms with Gasteiger partial charge in [-0.15, -0.1) is 0 Å². The van der Waals surface area contributed by atoms with Crippen molar-refractivity contribution in [1.29, 1.82) is 0 Å². The highest BCUT2D eigenvalue weighted by molar-refractivity contribution is 8.05. The Labute approximate surface area is 330 Å². The lowest BCUT2D eigenvalue weighted by Gasteiger charge is -2.27. The highest BCUT2D eigenvalue weighted by Crippen LogP contribution is 2.53. The van der Waals surface area contributed by atoms with E-state index in [1.807, 2.05) is 41.7 Å². The monoisotopic (exact) mass is 743 g/mol. The van der Waals surface area contributed by atoms with Crippen LogP contribution in [-0.2, 0) is 6.42 Å². The van der Waals surface area contributed by atoms with Gasteiger partial charge in [0, 0.05) is 48.1 Å². The number of fused-ring (bicyclic) bond motifs is 7. The zero-order chi connectivity index (χ0) is 36.3. The van der Waals surface area contributed by atoms with Crippen LogP contribution in [-0.4, -0.2) is 14.5 Å². The third-order valence-electron chi connectivity index (χ3n) is 11.4. The Bertz CT molecular complexity index is 2770. The molecule has 0 saturated carbocycles. The van der Waals surface area contributed by atoms with Crippen molar-refractivity contribution in [2.24, 2.45) is 5.92 Å². The molecule has 11 rings (SSSR count). The summed E-state index contributed by atoms with van der Waals surface area (Å²) in [6.07, 6.45) is 19.2. The fraction of sp³-hybridized carbons (Fsp3) is 0.120. The number of benzene rings is 5. The molecule has 0 bridgehead atoms. The third-order valence-corrected chi connectivity index (χ3v) is 14.0. The normalized spacial score (nSPS) is 16.8. The van der Waals surface area contributed by atoms with Crippen LogP contribution >= 0.6 is 23.5 Å². The minimum atomic E-state index is 0.572. The highest BCUT2D eigenvalue weighted by Gasteiger charge is 2.30. The minimum absolute atomic E-state index is 0.572. The number of nitrogens with zero attached hydrogens (tertiary/aromatic N) is 3. The van der Waals surface area contributed by atoms with Gasteiger partial charge in [-0.25, -0.2) is 9.97 Å². The summed E-state index contributed by atoms with van der Waals surface area (Å²) in [6.45, 7) is 0. The number of hydrogen-bond donors (Lipinski definition) is 0. The van der Waals surface area contributed by atoms with Crippen LogP contribution in [0.5, 0.6) is 0 Å². The number of aromatic nitrogens is 3.